The van der Waals surface area contributed by atoms with Gasteiger partial charge in [0.15, 0.2) is 0 Å². The molecular formula is C13H26BrN. The molecule has 0 N–H and O–H groups in total. The fraction of sp³-hybridized carbons (Fsp3) is 1.00. The quantitative estimate of drug-likeness (QED) is 0.500. The van der Waals surface area contributed by atoms with Gasteiger partial charge in [0.2, 0.25) is 0 Å². The topological polar surface area (TPSA) is 3.24 Å². The lowest BCUT2D eigenvalue weighted by Gasteiger charge is -2.31. The largest absolute Gasteiger partial charge is 0.303 e. The molecule has 0 spiro atoms. The first kappa shape index (κ1) is 13.5. The van der Waals surface area contributed by atoms with E-state index in [1.165, 1.54) is 69.9 Å². The minimum atomic E-state index is 0.946. The summed E-state index contributed by atoms with van der Waals surface area (Å²) in [7, 11) is 0. The fourth-order valence-electron chi connectivity index (χ4n) is 2.30. The van der Waals surface area contributed by atoms with Gasteiger partial charge < -0.3 is 4.90 Å². The van der Waals surface area contributed by atoms with E-state index in [0.717, 1.165) is 5.92 Å². The lowest BCUT2D eigenvalue weighted by atomic mass is 9.99. The van der Waals surface area contributed by atoms with Crippen LogP contribution in [0, 0.1) is 5.92 Å². The molecule has 0 bridgehead atoms. The third-order valence-corrected chi connectivity index (χ3v) is 4.42. The van der Waals surface area contributed by atoms with Gasteiger partial charge in [-0.15, -0.1) is 0 Å². The number of likely N-dealkylation sites (tertiary alicyclic amines) is 1. The van der Waals surface area contributed by atoms with Crippen LogP contribution in [0.15, 0.2) is 0 Å². The van der Waals surface area contributed by atoms with Crippen LogP contribution in [-0.4, -0.2) is 29.9 Å². The second-order valence-corrected chi connectivity index (χ2v) is 5.50. The van der Waals surface area contributed by atoms with Crippen molar-refractivity contribution in [2.75, 3.05) is 25.0 Å². The van der Waals surface area contributed by atoms with Gasteiger partial charge in [0, 0.05) is 5.33 Å². The molecule has 15 heavy (non-hydrogen) atoms. The van der Waals surface area contributed by atoms with Crippen LogP contribution in [0.1, 0.15) is 51.9 Å². The molecule has 0 saturated carbocycles. The Hall–Kier alpha value is 0.440. The van der Waals surface area contributed by atoms with E-state index in [9.17, 15) is 0 Å². The van der Waals surface area contributed by atoms with E-state index in [2.05, 4.69) is 27.8 Å². The summed E-state index contributed by atoms with van der Waals surface area (Å²) < 4.78 is 0. The molecule has 0 radical (unpaired) electrons. The number of rotatable bonds is 7. The number of hydrogen-bond acceptors (Lipinski definition) is 1. The first-order valence-corrected chi connectivity index (χ1v) is 7.77. The molecule has 1 heterocycles. The van der Waals surface area contributed by atoms with Crippen molar-refractivity contribution in [3.63, 3.8) is 0 Å². The summed E-state index contributed by atoms with van der Waals surface area (Å²) in [6.07, 6.45) is 9.88. The maximum absolute atomic E-state index is 3.59. The molecule has 1 nitrogen and oxygen atoms in total. The maximum atomic E-state index is 3.59. The van der Waals surface area contributed by atoms with Crippen LogP contribution >= 0.6 is 15.9 Å². The SMILES string of the molecule is CCCCCCCN1CCC(CBr)CC1. The number of alkyl halides is 1. The van der Waals surface area contributed by atoms with Gasteiger partial charge in [-0.1, -0.05) is 48.5 Å². The number of piperidine rings is 1. The first-order valence-electron chi connectivity index (χ1n) is 6.65. The Labute approximate surface area is 104 Å². The maximum Gasteiger partial charge on any atom is 0.00606 e. The standard InChI is InChI=1S/C13H26BrN/c1-2-3-4-5-6-9-15-10-7-13(12-14)8-11-15/h13H,2-12H2,1H3. The highest BCUT2D eigenvalue weighted by Gasteiger charge is 2.17. The van der Waals surface area contributed by atoms with Gasteiger partial charge in [0.05, 0.1) is 0 Å². The molecule has 1 aliphatic rings. The molecule has 0 aromatic rings. The normalized spacial score (nSPS) is 19.6. The molecular weight excluding hydrogens is 250 g/mol. The van der Waals surface area contributed by atoms with Crippen molar-refractivity contribution in [3.05, 3.63) is 0 Å². The molecule has 1 fully saturated rings. The van der Waals surface area contributed by atoms with Crippen molar-refractivity contribution in [2.45, 2.75) is 51.9 Å². The second kappa shape index (κ2) is 8.58. The summed E-state index contributed by atoms with van der Waals surface area (Å²) in [6, 6.07) is 0. The monoisotopic (exact) mass is 275 g/mol. The third-order valence-electron chi connectivity index (χ3n) is 3.50. The Bertz CT molecular complexity index is 141. The van der Waals surface area contributed by atoms with Crippen LogP contribution in [0.5, 0.6) is 0 Å². The predicted octanol–water partition coefficient (Wildman–Crippen LogP) is 4.06. The Morgan fingerprint density at radius 1 is 1.07 bits per heavy atom. The van der Waals surface area contributed by atoms with E-state index < -0.39 is 0 Å². The first-order chi connectivity index (χ1) is 7.36. The molecule has 0 unspecified atom stereocenters. The molecule has 1 rings (SSSR count). The minimum Gasteiger partial charge on any atom is -0.303 e. The number of unbranched alkanes of at least 4 members (excludes halogenated alkanes) is 4. The number of halogens is 1. The van der Waals surface area contributed by atoms with Crippen molar-refractivity contribution in [2.24, 2.45) is 5.92 Å². The van der Waals surface area contributed by atoms with Gasteiger partial charge in [0.1, 0.15) is 0 Å². The molecule has 0 atom stereocenters. The molecule has 90 valence electrons. The zero-order valence-corrected chi connectivity index (χ0v) is 11.8. The molecule has 2 heteroatoms. The Morgan fingerprint density at radius 2 is 1.73 bits per heavy atom. The summed E-state index contributed by atoms with van der Waals surface area (Å²) in [6.45, 7) is 6.30. The van der Waals surface area contributed by atoms with E-state index in [1.54, 1.807) is 0 Å². The van der Waals surface area contributed by atoms with Crippen LogP contribution in [-0.2, 0) is 0 Å². The van der Waals surface area contributed by atoms with Crippen molar-refractivity contribution in [3.8, 4) is 0 Å². The van der Waals surface area contributed by atoms with Crippen molar-refractivity contribution < 1.29 is 0 Å². The summed E-state index contributed by atoms with van der Waals surface area (Å²) in [4.78, 5) is 2.66. The lowest BCUT2D eigenvalue weighted by Crippen LogP contribution is -2.34. The van der Waals surface area contributed by atoms with Gasteiger partial charge in [-0.2, -0.15) is 0 Å². The molecule has 0 aromatic heterocycles. The highest BCUT2D eigenvalue weighted by Crippen LogP contribution is 2.19. The van der Waals surface area contributed by atoms with E-state index >= 15 is 0 Å². The number of hydrogen-bond donors (Lipinski definition) is 0. The highest BCUT2D eigenvalue weighted by molar-refractivity contribution is 9.09. The molecule has 1 aliphatic heterocycles. The number of nitrogens with zero attached hydrogens (tertiary/aromatic N) is 1. The molecule has 0 aliphatic carbocycles. The van der Waals surface area contributed by atoms with Crippen molar-refractivity contribution in [1.82, 2.24) is 4.90 Å². The molecule has 0 aromatic carbocycles. The average molecular weight is 276 g/mol. The summed E-state index contributed by atoms with van der Waals surface area (Å²) >= 11 is 3.59. The zero-order chi connectivity index (χ0) is 10.9. The lowest BCUT2D eigenvalue weighted by molar-refractivity contribution is 0.191. The highest BCUT2D eigenvalue weighted by atomic mass is 79.9. The van der Waals surface area contributed by atoms with E-state index in [-0.39, 0.29) is 0 Å². The van der Waals surface area contributed by atoms with Crippen LogP contribution in [0.25, 0.3) is 0 Å². The molecule has 0 amide bonds. The van der Waals surface area contributed by atoms with Crippen LogP contribution in [0.4, 0.5) is 0 Å². The second-order valence-electron chi connectivity index (χ2n) is 4.85. The predicted molar refractivity (Wildman–Crippen MR) is 71.7 cm³/mol. The Kier molecular flexibility index (Phi) is 7.72. The summed E-state index contributed by atoms with van der Waals surface area (Å²) in [5.74, 6) is 0.946. The van der Waals surface area contributed by atoms with Gasteiger partial charge in [-0.05, 0) is 44.8 Å². The van der Waals surface area contributed by atoms with Gasteiger partial charge in [0.25, 0.3) is 0 Å². The van der Waals surface area contributed by atoms with Crippen LogP contribution in [0.3, 0.4) is 0 Å². The minimum absolute atomic E-state index is 0.946. The summed E-state index contributed by atoms with van der Waals surface area (Å²) in [5, 5.41) is 1.21. The smallest absolute Gasteiger partial charge is 0.00606 e. The van der Waals surface area contributed by atoms with Gasteiger partial charge in [-0.3, -0.25) is 0 Å². The molecule has 1 saturated heterocycles. The van der Waals surface area contributed by atoms with Crippen LogP contribution < -0.4 is 0 Å². The zero-order valence-electron chi connectivity index (χ0n) is 10.2. The van der Waals surface area contributed by atoms with Crippen LogP contribution in [0.2, 0.25) is 0 Å². The van der Waals surface area contributed by atoms with Crippen molar-refractivity contribution >= 4 is 15.9 Å². The van der Waals surface area contributed by atoms with Gasteiger partial charge in [-0.25, -0.2) is 0 Å². The third kappa shape index (κ3) is 5.91. The Morgan fingerprint density at radius 3 is 2.33 bits per heavy atom. The van der Waals surface area contributed by atoms with Crippen molar-refractivity contribution in [1.29, 1.82) is 0 Å². The average Bonchev–Trinajstić information content (AvgIpc) is 2.30. The van der Waals surface area contributed by atoms with E-state index in [0.29, 0.717) is 0 Å². The Balaban J connectivity index is 1.94. The van der Waals surface area contributed by atoms with E-state index in [1.807, 2.05) is 0 Å². The summed E-state index contributed by atoms with van der Waals surface area (Å²) in [5.41, 5.74) is 0. The van der Waals surface area contributed by atoms with Gasteiger partial charge >= 0.3 is 0 Å². The fourth-order valence-corrected chi connectivity index (χ4v) is 2.95. The van der Waals surface area contributed by atoms with E-state index in [4.69, 9.17) is 0 Å².